The minimum atomic E-state index is -3.38. The number of aliphatic hydroxyl groups excluding tert-OH is 1. The van der Waals surface area contributed by atoms with Gasteiger partial charge in [0.25, 0.3) is 0 Å². The van der Waals surface area contributed by atoms with Gasteiger partial charge in [-0.3, -0.25) is 4.90 Å². The number of rotatable bonds is 3. The Kier molecular flexibility index (Phi) is 4.05. The molecule has 2 atom stereocenters. The maximum absolute atomic E-state index is 11.2. The first kappa shape index (κ1) is 15.0. The van der Waals surface area contributed by atoms with E-state index >= 15 is 0 Å². The number of benzene rings is 1. The second-order valence-electron chi connectivity index (χ2n) is 6.22. The maximum atomic E-state index is 11.2. The molecule has 3 rings (SSSR count). The van der Waals surface area contributed by atoms with Crippen LogP contribution in [-0.4, -0.2) is 43.3 Å². The number of nitrogens with zero attached hydrogens (tertiary/aromatic N) is 1. The number of aliphatic hydroxyl groups is 1. The second kappa shape index (κ2) is 5.68. The summed E-state index contributed by atoms with van der Waals surface area (Å²) in [5.74, 6) is 0.228. The van der Waals surface area contributed by atoms with E-state index in [2.05, 4.69) is 11.0 Å². The molecule has 2 aliphatic rings. The predicted octanol–water partition coefficient (Wildman–Crippen LogP) is 0.645. The van der Waals surface area contributed by atoms with Crippen LogP contribution in [0.5, 0.6) is 0 Å². The van der Waals surface area contributed by atoms with Crippen LogP contribution in [0.3, 0.4) is 0 Å². The maximum Gasteiger partial charge on any atom is 0.209 e. The van der Waals surface area contributed by atoms with Crippen molar-refractivity contribution in [2.45, 2.75) is 31.4 Å². The topological polar surface area (TPSA) is 83.6 Å². The van der Waals surface area contributed by atoms with E-state index in [-0.39, 0.29) is 17.7 Å². The SMILES string of the molecule is NS(=O)(=O)CC1CCN(C2Cc3ccccc3C2O)CC1. The minimum Gasteiger partial charge on any atom is -0.387 e. The molecule has 1 heterocycles. The molecule has 0 saturated carbocycles. The van der Waals surface area contributed by atoms with E-state index in [9.17, 15) is 13.5 Å². The molecule has 21 heavy (non-hydrogen) atoms. The van der Waals surface area contributed by atoms with Gasteiger partial charge in [-0.25, -0.2) is 13.6 Å². The first-order valence-corrected chi connectivity index (χ1v) is 9.16. The molecule has 0 bridgehead atoms. The summed E-state index contributed by atoms with van der Waals surface area (Å²) in [7, 11) is -3.38. The molecule has 0 spiro atoms. The summed E-state index contributed by atoms with van der Waals surface area (Å²) in [5.41, 5.74) is 2.26. The zero-order valence-corrected chi connectivity index (χ0v) is 12.8. The van der Waals surface area contributed by atoms with Crippen molar-refractivity contribution in [2.75, 3.05) is 18.8 Å². The molecule has 1 aliphatic heterocycles. The number of sulfonamides is 1. The van der Waals surface area contributed by atoms with Gasteiger partial charge in [0.2, 0.25) is 10.0 Å². The van der Waals surface area contributed by atoms with Crippen molar-refractivity contribution in [2.24, 2.45) is 11.1 Å². The summed E-state index contributed by atoms with van der Waals surface area (Å²) in [6, 6.07) is 8.16. The lowest BCUT2D eigenvalue weighted by Crippen LogP contribution is -2.44. The third-order valence-electron chi connectivity index (χ3n) is 4.75. The smallest absolute Gasteiger partial charge is 0.209 e. The Hall–Kier alpha value is -0.950. The second-order valence-corrected chi connectivity index (χ2v) is 7.88. The molecule has 1 aromatic rings. The van der Waals surface area contributed by atoms with Crippen molar-refractivity contribution in [3.63, 3.8) is 0 Å². The van der Waals surface area contributed by atoms with Gasteiger partial charge in [-0.05, 0) is 49.4 Å². The minimum absolute atomic E-state index is 0.0777. The summed E-state index contributed by atoms with van der Waals surface area (Å²) < 4.78 is 22.3. The molecule has 1 fully saturated rings. The third kappa shape index (κ3) is 3.29. The Bertz CT molecular complexity index is 609. The highest BCUT2D eigenvalue weighted by atomic mass is 32.2. The van der Waals surface area contributed by atoms with E-state index in [1.165, 1.54) is 5.56 Å². The first-order valence-electron chi connectivity index (χ1n) is 7.44. The summed E-state index contributed by atoms with van der Waals surface area (Å²) in [6.07, 6.45) is 2.10. The van der Waals surface area contributed by atoms with E-state index in [0.29, 0.717) is 0 Å². The lowest BCUT2D eigenvalue weighted by Gasteiger charge is -2.37. The van der Waals surface area contributed by atoms with Gasteiger partial charge in [0, 0.05) is 6.04 Å². The van der Waals surface area contributed by atoms with Gasteiger partial charge in [-0.1, -0.05) is 24.3 Å². The lowest BCUT2D eigenvalue weighted by molar-refractivity contribution is 0.0413. The Morgan fingerprint density at radius 1 is 1.24 bits per heavy atom. The quantitative estimate of drug-likeness (QED) is 0.858. The van der Waals surface area contributed by atoms with E-state index in [4.69, 9.17) is 5.14 Å². The average molecular weight is 310 g/mol. The largest absolute Gasteiger partial charge is 0.387 e. The molecule has 1 aromatic carbocycles. The highest BCUT2D eigenvalue weighted by Gasteiger charge is 2.36. The Balaban J connectivity index is 1.61. The van der Waals surface area contributed by atoms with Gasteiger partial charge >= 0.3 is 0 Å². The van der Waals surface area contributed by atoms with Crippen LogP contribution in [0.1, 0.15) is 30.1 Å². The molecule has 3 N–H and O–H groups in total. The van der Waals surface area contributed by atoms with Crippen molar-refractivity contribution in [1.82, 2.24) is 4.90 Å². The fraction of sp³-hybridized carbons (Fsp3) is 0.600. The van der Waals surface area contributed by atoms with Crippen molar-refractivity contribution in [3.05, 3.63) is 35.4 Å². The van der Waals surface area contributed by atoms with Crippen molar-refractivity contribution in [1.29, 1.82) is 0 Å². The monoisotopic (exact) mass is 310 g/mol. The van der Waals surface area contributed by atoms with Gasteiger partial charge in [0.15, 0.2) is 0 Å². The fourth-order valence-electron chi connectivity index (χ4n) is 3.66. The molecule has 2 unspecified atom stereocenters. The molecule has 0 amide bonds. The van der Waals surface area contributed by atoms with Crippen LogP contribution in [0.15, 0.2) is 24.3 Å². The number of piperidine rings is 1. The van der Waals surface area contributed by atoms with E-state index in [1.807, 2.05) is 18.2 Å². The number of likely N-dealkylation sites (tertiary alicyclic amines) is 1. The number of hydrogen-bond acceptors (Lipinski definition) is 4. The molecular weight excluding hydrogens is 288 g/mol. The zero-order valence-electron chi connectivity index (χ0n) is 12.0. The highest BCUT2D eigenvalue weighted by Crippen LogP contribution is 2.36. The van der Waals surface area contributed by atoms with Gasteiger partial charge in [0.1, 0.15) is 0 Å². The Morgan fingerprint density at radius 3 is 2.52 bits per heavy atom. The van der Waals surface area contributed by atoms with Gasteiger partial charge in [-0.15, -0.1) is 0 Å². The van der Waals surface area contributed by atoms with Crippen molar-refractivity contribution in [3.8, 4) is 0 Å². The predicted molar refractivity (Wildman–Crippen MR) is 81.2 cm³/mol. The molecule has 0 aromatic heterocycles. The van der Waals surface area contributed by atoms with E-state index < -0.39 is 16.1 Å². The van der Waals surface area contributed by atoms with Crippen LogP contribution < -0.4 is 5.14 Å². The summed E-state index contributed by atoms with van der Waals surface area (Å²) in [5, 5.41) is 15.6. The van der Waals surface area contributed by atoms with Crippen LogP contribution >= 0.6 is 0 Å². The Labute approximate surface area is 125 Å². The normalized spacial score (nSPS) is 27.7. The van der Waals surface area contributed by atoms with Gasteiger partial charge < -0.3 is 5.11 Å². The lowest BCUT2D eigenvalue weighted by atomic mass is 9.96. The number of fused-ring (bicyclic) bond motifs is 1. The van der Waals surface area contributed by atoms with Crippen LogP contribution in [0, 0.1) is 5.92 Å². The molecular formula is C15H22N2O3S. The first-order chi connectivity index (χ1) is 9.94. The molecule has 116 valence electrons. The van der Waals surface area contributed by atoms with Crippen LogP contribution in [0.2, 0.25) is 0 Å². The molecule has 5 nitrogen and oxygen atoms in total. The Morgan fingerprint density at radius 2 is 1.90 bits per heavy atom. The third-order valence-corrected chi connectivity index (χ3v) is 5.69. The standard InChI is InChI=1S/C15H22N2O3S/c16-21(19,20)10-11-5-7-17(8-6-11)14-9-12-3-1-2-4-13(12)15(14)18/h1-4,11,14-15,18H,5-10H2,(H2,16,19,20). The van der Waals surface area contributed by atoms with Crippen LogP contribution in [-0.2, 0) is 16.4 Å². The van der Waals surface area contributed by atoms with E-state index in [1.54, 1.807) is 0 Å². The number of nitrogens with two attached hydrogens (primary N) is 1. The summed E-state index contributed by atoms with van der Waals surface area (Å²) >= 11 is 0. The van der Waals surface area contributed by atoms with Gasteiger partial charge in [-0.2, -0.15) is 0 Å². The molecule has 1 saturated heterocycles. The van der Waals surface area contributed by atoms with Crippen LogP contribution in [0.4, 0.5) is 0 Å². The highest BCUT2D eigenvalue weighted by molar-refractivity contribution is 7.89. The van der Waals surface area contributed by atoms with Crippen molar-refractivity contribution >= 4 is 10.0 Å². The molecule has 1 aliphatic carbocycles. The van der Waals surface area contributed by atoms with E-state index in [0.717, 1.165) is 37.9 Å². The zero-order chi connectivity index (χ0) is 15.0. The number of hydrogen-bond donors (Lipinski definition) is 2. The van der Waals surface area contributed by atoms with Crippen molar-refractivity contribution < 1.29 is 13.5 Å². The molecule has 6 heteroatoms. The fourth-order valence-corrected chi connectivity index (χ4v) is 4.65. The summed E-state index contributed by atoms with van der Waals surface area (Å²) in [4.78, 5) is 2.30. The molecule has 0 radical (unpaired) electrons. The average Bonchev–Trinajstić information content (AvgIpc) is 2.76. The number of primary sulfonamides is 1. The van der Waals surface area contributed by atoms with Crippen LogP contribution in [0.25, 0.3) is 0 Å². The summed E-state index contributed by atoms with van der Waals surface area (Å²) in [6.45, 7) is 1.66. The van der Waals surface area contributed by atoms with Gasteiger partial charge in [0.05, 0.1) is 11.9 Å².